The maximum atomic E-state index is 11.2. The lowest BCUT2D eigenvalue weighted by atomic mass is 10.1. The fourth-order valence-corrected chi connectivity index (χ4v) is 4.38. The maximum Gasteiger partial charge on any atom is 0.305 e. The molecule has 4 rings (SSSR count). The predicted molar refractivity (Wildman–Crippen MR) is 145 cm³/mol. The summed E-state index contributed by atoms with van der Waals surface area (Å²) < 4.78 is 6.51. The summed E-state index contributed by atoms with van der Waals surface area (Å²) in [5.41, 5.74) is 3.64. The van der Waals surface area contributed by atoms with Crippen LogP contribution in [0.3, 0.4) is 0 Å². The monoisotopic (exact) mass is 506 g/mol. The Morgan fingerprint density at radius 2 is 1.76 bits per heavy atom. The Hall–Kier alpha value is -3.53. The minimum atomic E-state index is -0.106. The Morgan fingerprint density at radius 3 is 2.46 bits per heavy atom. The van der Waals surface area contributed by atoms with E-state index in [-0.39, 0.29) is 12.0 Å². The second kappa shape index (κ2) is 13.1. The van der Waals surface area contributed by atoms with Crippen molar-refractivity contribution >= 4 is 23.3 Å². The van der Waals surface area contributed by atoms with Crippen LogP contribution in [0.2, 0.25) is 0 Å². The zero-order chi connectivity index (χ0) is 26.0. The molecule has 0 atom stereocenters. The molecule has 0 bridgehead atoms. The molecule has 1 saturated heterocycles. The van der Waals surface area contributed by atoms with Crippen molar-refractivity contribution in [2.75, 3.05) is 50.1 Å². The number of nitrogens with one attached hydrogen (secondary N) is 1. The van der Waals surface area contributed by atoms with Gasteiger partial charge in [-0.15, -0.1) is 5.10 Å². The third-order valence-electron chi connectivity index (χ3n) is 6.65. The molecular weight excluding hydrogens is 468 g/mol. The number of esters is 1. The Balaban J connectivity index is 1.21. The third kappa shape index (κ3) is 7.72. The standard InChI is InChI=1S/C27H38N8O2/c1-21(2)35-20-25(31-32-35)24-13-14-28-27(30-24)29-22-9-11-23(12-10-22)34-18-16-33(17-19-34)15-7-5-4-6-8-26(36)37-3/h9-14,20-21H,4-8,15-19H2,1-3H3,(H,28,29,30). The van der Waals surface area contributed by atoms with Gasteiger partial charge in [-0.2, -0.15) is 0 Å². The number of carbonyl (C=O) groups is 1. The zero-order valence-corrected chi connectivity index (χ0v) is 22.1. The van der Waals surface area contributed by atoms with Crippen LogP contribution in [0.5, 0.6) is 0 Å². The number of rotatable bonds is 12. The number of hydrogen-bond acceptors (Lipinski definition) is 9. The average Bonchev–Trinajstić information content (AvgIpc) is 3.43. The van der Waals surface area contributed by atoms with Crippen LogP contribution in [0, 0.1) is 0 Å². The molecule has 3 aromatic rings. The highest BCUT2D eigenvalue weighted by Gasteiger charge is 2.17. The summed E-state index contributed by atoms with van der Waals surface area (Å²) >= 11 is 0. The minimum Gasteiger partial charge on any atom is -0.469 e. The van der Waals surface area contributed by atoms with Gasteiger partial charge >= 0.3 is 5.97 Å². The zero-order valence-electron chi connectivity index (χ0n) is 22.1. The number of methoxy groups -OCH3 is 1. The normalized spacial score (nSPS) is 14.2. The molecule has 2 aromatic heterocycles. The van der Waals surface area contributed by atoms with E-state index < -0.39 is 0 Å². The van der Waals surface area contributed by atoms with Gasteiger partial charge in [0, 0.05) is 56.2 Å². The van der Waals surface area contributed by atoms with E-state index in [1.54, 1.807) is 6.20 Å². The van der Waals surface area contributed by atoms with Crippen molar-refractivity contribution < 1.29 is 9.53 Å². The van der Waals surface area contributed by atoms with Gasteiger partial charge in [0.25, 0.3) is 0 Å². The molecule has 3 heterocycles. The van der Waals surface area contributed by atoms with E-state index in [2.05, 4.69) is 73.5 Å². The van der Waals surface area contributed by atoms with Crippen molar-refractivity contribution in [3.05, 3.63) is 42.7 Å². The highest BCUT2D eigenvalue weighted by molar-refractivity contribution is 5.69. The van der Waals surface area contributed by atoms with Gasteiger partial charge in [0.05, 0.1) is 19.0 Å². The minimum absolute atomic E-state index is 0.106. The van der Waals surface area contributed by atoms with Gasteiger partial charge in [0.1, 0.15) is 5.69 Å². The van der Waals surface area contributed by atoms with Crippen molar-refractivity contribution in [2.45, 2.75) is 52.0 Å². The molecule has 1 N–H and O–H groups in total. The molecule has 37 heavy (non-hydrogen) atoms. The number of carbonyl (C=O) groups excluding carboxylic acids is 1. The summed E-state index contributed by atoms with van der Waals surface area (Å²) in [6, 6.07) is 10.5. The molecule has 198 valence electrons. The first kappa shape index (κ1) is 26.5. The van der Waals surface area contributed by atoms with Gasteiger partial charge in [-0.05, 0) is 63.6 Å². The molecule has 1 aromatic carbocycles. The number of piperazine rings is 1. The molecule has 0 saturated carbocycles. The van der Waals surface area contributed by atoms with Gasteiger partial charge in [-0.3, -0.25) is 9.69 Å². The highest BCUT2D eigenvalue weighted by Crippen LogP contribution is 2.22. The summed E-state index contributed by atoms with van der Waals surface area (Å²) in [6.45, 7) is 9.45. The quantitative estimate of drug-likeness (QED) is 0.284. The van der Waals surface area contributed by atoms with Crippen LogP contribution < -0.4 is 10.2 Å². The maximum absolute atomic E-state index is 11.2. The van der Waals surface area contributed by atoms with Crippen LogP contribution in [0.15, 0.2) is 42.7 Å². The molecule has 0 unspecified atom stereocenters. The predicted octanol–water partition coefficient (Wildman–Crippen LogP) is 4.31. The van der Waals surface area contributed by atoms with Gasteiger partial charge in [-0.1, -0.05) is 18.1 Å². The number of nitrogens with zero attached hydrogens (tertiary/aromatic N) is 7. The second-order valence-corrected chi connectivity index (χ2v) is 9.68. The molecule has 0 amide bonds. The molecular formula is C27H38N8O2. The Morgan fingerprint density at radius 1 is 1.00 bits per heavy atom. The van der Waals surface area contributed by atoms with Crippen LogP contribution in [-0.2, 0) is 9.53 Å². The lowest BCUT2D eigenvalue weighted by Gasteiger charge is -2.36. The van der Waals surface area contributed by atoms with Crippen LogP contribution in [0.4, 0.5) is 17.3 Å². The van der Waals surface area contributed by atoms with E-state index in [4.69, 9.17) is 4.74 Å². The Kier molecular flexibility index (Phi) is 9.42. The summed E-state index contributed by atoms with van der Waals surface area (Å²) in [5.74, 6) is 0.425. The SMILES string of the molecule is COC(=O)CCCCCCN1CCN(c2ccc(Nc3nccc(-c4cn(C(C)C)nn4)n3)cc2)CC1. The molecule has 1 fully saturated rings. The highest BCUT2D eigenvalue weighted by atomic mass is 16.5. The fourth-order valence-electron chi connectivity index (χ4n) is 4.38. The summed E-state index contributed by atoms with van der Waals surface area (Å²) in [7, 11) is 1.45. The van der Waals surface area contributed by atoms with Crippen molar-refractivity contribution in [2.24, 2.45) is 0 Å². The fraction of sp³-hybridized carbons (Fsp3) is 0.519. The number of benzene rings is 1. The van der Waals surface area contributed by atoms with Gasteiger partial charge in [0.15, 0.2) is 0 Å². The molecule has 10 heteroatoms. The number of aromatic nitrogens is 5. The first-order chi connectivity index (χ1) is 18.0. The number of unbranched alkanes of at least 4 members (excludes halogenated alkanes) is 3. The number of hydrogen-bond donors (Lipinski definition) is 1. The molecule has 0 aliphatic carbocycles. The molecule has 1 aliphatic heterocycles. The topological polar surface area (TPSA) is 101 Å². The average molecular weight is 507 g/mol. The summed E-state index contributed by atoms with van der Waals surface area (Å²) in [6.07, 6.45) is 8.52. The van der Waals surface area contributed by atoms with E-state index in [9.17, 15) is 4.79 Å². The van der Waals surface area contributed by atoms with Crippen molar-refractivity contribution in [1.29, 1.82) is 0 Å². The van der Waals surface area contributed by atoms with Gasteiger partial charge in [-0.25, -0.2) is 14.6 Å². The van der Waals surface area contributed by atoms with Crippen LogP contribution in [0.25, 0.3) is 11.4 Å². The van der Waals surface area contributed by atoms with Gasteiger partial charge in [0.2, 0.25) is 5.95 Å². The first-order valence-electron chi connectivity index (χ1n) is 13.2. The van der Waals surface area contributed by atoms with E-state index >= 15 is 0 Å². The molecule has 0 radical (unpaired) electrons. The van der Waals surface area contributed by atoms with Crippen LogP contribution in [0.1, 0.15) is 52.0 Å². The lowest BCUT2D eigenvalue weighted by molar-refractivity contribution is -0.140. The van der Waals surface area contributed by atoms with Crippen LogP contribution in [-0.4, -0.2) is 75.7 Å². The second-order valence-electron chi connectivity index (χ2n) is 9.68. The number of anilines is 3. The largest absolute Gasteiger partial charge is 0.469 e. The smallest absolute Gasteiger partial charge is 0.305 e. The molecule has 0 spiro atoms. The van der Waals surface area contributed by atoms with Crippen molar-refractivity contribution in [3.63, 3.8) is 0 Å². The Labute approximate surface area is 219 Å². The molecule has 10 nitrogen and oxygen atoms in total. The summed E-state index contributed by atoms with van der Waals surface area (Å²) in [4.78, 5) is 25.1. The van der Waals surface area contributed by atoms with Crippen molar-refractivity contribution in [3.8, 4) is 11.4 Å². The Bertz CT molecular complexity index is 1120. The van der Waals surface area contributed by atoms with E-state index in [0.29, 0.717) is 12.4 Å². The number of ether oxygens (including phenoxy) is 1. The van der Waals surface area contributed by atoms with E-state index in [1.807, 2.05) is 16.9 Å². The first-order valence-corrected chi connectivity index (χ1v) is 13.2. The van der Waals surface area contributed by atoms with E-state index in [0.717, 1.165) is 69.1 Å². The lowest BCUT2D eigenvalue weighted by Crippen LogP contribution is -2.46. The molecule has 1 aliphatic rings. The third-order valence-corrected chi connectivity index (χ3v) is 6.65. The van der Waals surface area contributed by atoms with Crippen molar-refractivity contribution in [1.82, 2.24) is 29.9 Å². The van der Waals surface area contributed by atoms with Crippen LogP contribution >= 0.6 is 0 Å². The summed E-state index contributed by atoms with van der Waals surface area (Å²) in [5, 5.41) is 11.7. The van der Waals surface area contributed by atoms with E-state index in [1.165, 1.54) is 19.2 Å². The van der Waals surface area contributed by atoms with Gasteiger partial charge < -0.3 is 15.0 Å².